The van der Waals surface area contributed by atoms with Gasteiger partial charge in [0.2, 0.25) is 5.91 Å². The van der Waals surface area contributed by atoms with Crippen LogP contribution in [-0.4, -0.2) is 49.4 Å². The van der Waals surface area contributed by atoms with Gasteiger partial charge in [-0.2, -0.15) is 0 Å². The Balaban J connectivity index is 1.53. The second-order valence-electron chi connectivity index (χ2n) is 7.30. The molecule has 2 amide bonds. The van der Waals surface area contributed by atoms with Crippen LogP contribution in [0.3, 0.4) is 0 Å². The molecule has 1 unspecified atom stereocenters. The molecule has 31 heavy (non-hydrogen) atoms. The molecule has 0 saturated carbocycles. The van der Waals surface area contributed by atoms with Crippen molar-refractivity contribution in [3.8, 4) is 11.1 Å². The van der Waals surface area contributed by atoms with Crippen LogP contribution in [0.25, 0.3) is 11.1 Å². The van der Waals surface area contributed by atoms with Crippen LogP contribution in [0.2, 0.25) is 0 Å². The van der Waals surface area contributed by atoms with E-state index in [1.165, 1.54) is 0 Å². The van der Waals surface area contributed by atoms with Crippen LogP contribution >= 0.6 is 0 Å². The van der Waals surface area contributed by atoms with Gasteiger partial charge in [-0.25, -0.2) is 4.79 Å². The molecular formula is C23H26N2O6. The molecule has 0 aromatic heterocycles. The lowest BCUT2D eigenvalue weighted by Gasteiger charge is -2.15. The molecule has 164 valence electrons. The van der Waals surface area contributed by atoms with Gasteiger partial charge < -0.3 is 20.3 Å². The van der Waals surface area contributed by atoms with Crippen LogP contribution in [0.1, 0.15) is 29.9 Å². The first kappa shape index (κ1) is 22.5. The zero-order valence-corrected chi connectivity index (χ0v) is 17.1. The molecule has 0 heterocycles. The van der Waals surface area contributed by atoms with Gasteiger partial charge in [-0.1, -0.05) is 48.5 Å². The normalized spacial score (nSPS) is 13.2. The number of benzene rings is 2. The Labute approximate surface area is 180 Å². The van der Waals surface area contributed by atoms with E-state index < -0.39 is 23.9 Å². The molecular weight excluding hydrogens is 400 g/mol. The Kier molecular flexibility index (Phi) is 7.75. The van der Waals surface area contributed by atoms with E-state index in [1.54, 1.807) is 0 Å². The Morgan fingerprint density at radius 2 is 1.61 bits per heavy atom. The van der Waals surface area contributed by atoms with Crippen molar-refractivity contribution in [1.82, 2.24) is 5.32 Å². The van der Waals surface area contributed by atoms with Crippen molar-refractivity contribution in [2.45, 2.75) is 18.8 Å². The minimum absolute atomic E-state index is 0.0719. The highest BCUT2D eigenvalue weighted by molar-refractivity contribution is 5.93. The third-order valence-electron chi connectivity index (χ3n) is 5.24. The average molecular weight is 426 g/mol. The number of amides is 2. The molecule has 1 aliphatic carbocycles. The van der Waals surface area contributed by atoms with Gasteiger partial charge in [-0.15, -0.1) is 0 Å². The van der Waals surface area contributed by atoms with Crippen molar-refractivity contribution in [3.05, 3.63) is 59.7 Å². The predicted molar refractivity (Wildman–Crippen MR) is 113 cm³/mol. The van der Waals surface area contributed by atoms with Crippen LogP contribution in [0.5, 0.6) is 0 Å². The summed E-state index contributed by atoms with van der Waals surface area (Å²) in [5.41, 5.74) is 9.64. The topological polar surface area (TPSA) is 128 Å². The minimum Gasteiger partial charge on any atom is -0.481 e. The SMILES string of the molecule is NCCOCCC(CC(=O)NC(=O)OCC1c2ccccc2-c2ccccc21)C(=O)O. The fraction of sp³-hybridized carbons (Fsp3) is 0.348. The molecule has 0 spiro atoms. The third-order valence-corrected chi connectivity index (χ3v) is 5.24. The van der Waals surface area contributed by atoms with Gasteiger partial charge in [-0.3, -0.25) is 14.9 Å². The van der Waals surface area contributed by atoms with Crippen LogP contribution in [0.15, 0.2) is 48.5 Å². The molecule has 8 heteroatoms. The predicted octanol–water partition coefficient (Wildman–Crippen LogP) is 2.51. The Hall–Kier alpha value is -3.23. The lowest BCUT2D eigenvalue weighted by molar-refractivity contribution is -0.144. The second-order valence-corrected chi connectivity index (χ2v) is 7.30. The molecule has 8 nitrogen and oxygen atoms in total. The van der Waals surface area contributed by atoms with Gasteiger partial charge in [0, 0.05) is 25.5 Å². The summed E-state index contributed by atoms with van der Waals surface area (Å²) in [7, 11) is 0. The summed E-state index contributed by atoms with van der Waals surface area (Å²) in [6.07, 6.45) is -1.09. The summed E-state index contributed by atoms with van der Waals surface area (Å²) in [5.74, 6) is -2.92. The number of carboxylic acids is 1. The quantitative estimate of drug-likeness (QED) is 0.498. The van der Waals surface area contributed by atoms with Crippen molar-refractivity contribution >= 4 is 18.0 Å². The smallest absolute Gasteiger partial charge is 0.413 e. The maximum absolute atomic E-state index is 12.1. The van der Waals surface area contributed by atoms with Gasteiger partial charge >= 0.3 is 12.1 Å². The molecule has 1 aliphatic rings. The fourth-order valence-electron chi connectivity index (χ4n) is 3.75. The van der Waals surface area contributed by atoms with Crippen molar-refractivity contribution in [2.24, 2.45) is 11.7 Å². The monoisotopic (exact) mass is 426 g/mol. The van der Waals surface area contributed by atoms with Gasteiger partial charge in [0.05, 0.1) is 12.5 Å². The number of aliphatic carboxylic acids is 1. The van der Waals surface area contributed by atoms with Crippen molar-refractivity contribution in [2.75, 3.05) is 26.4 Å². The molecule has 4 N–H and O–H groups in total. The second kappa shape index (κ2) is 10.7. The van der Waals surface area contributed by atoms with E-state index in [0.717, 1.165) is 22.3 Å². The van der Waals surface area contributed by atoms with Crippen molar-refractivity contribution < 1.29 is 29.0 Å². The molecule has 3 rings (SSSR count). The number of imide groups is 1. The number of hydrogen-bond donors (Lipinski definition) is 3. The molecule has 0 saturated heterocycles. The van der Waals surface area contributed by atoms with E-state index in [1.807, 2.05) is 48.5 Å². The highest BCUT2D eigenvalue weighted by Crippen LogP contribution is 2.44. The van der Waals surface area contributed by atoms with E-state index in [4.69, 9.17) is 15.2 Å². The number of nitrogens with one attached hydrogen (secondary N) is 1. The number of rotatable bonds is 10. The van der Waals surface area contributed by atoms with Gasteiger partial charge in [-0.05, 0) is 28.7 Å². The van der Waals surface area contributed by atoms with E-state index >= 15 is 0 Å². The molecule has 0 aliphatic heterocycles. The molecule has 1 atom stereocenters. The number of fused-ring (bicyclic) bond motifs is 3. The van der Waals surface area contributed by atoms with Crippen molar-refractivity contribution in [3.63, 3.8) is 0 Å². The molecule has 0 fully saturated rings. The third kappa shape index (κ3) is 5.68. The van der Waals surface area contributed by atoms with Crippen molar-refractivity contribution in [1.29, 1.82) is 0 Å². The number of carbonyl (C=O) groups excluding carboxylic acids is 2. The fourth-order valence-corrected chi connectivity index (χ4v) is 3.75. The first-order chi connectivity index (χ1) is 15.0. The van der Waals surface area contributed by atoms with Gasteiger partial charge in [0.15, 0.2) is 0 Å². The summed E-state index contributed by atoms with van der Waals surface area (Å²) in [6, 6.07) is 15.8. The number of carbonyl (C=O) groups is 3. The summed E-state index contributed by atoms with van der Waals surface area (Å²) < 4.78 is 10.5. The summed E-state index contributed by atoms with van der Waals surface area (Å²) in [4.78, 5) is 35.6. The lowest BCUT2D eigenvalue weighted by Crippen LogP contribution is -2.34. The van der Waals surface area contributed by atoms with Gasteiger partial charge in [0.25, 0.3) is 0 Å². The summed E-state index contributed by atoms with van der Waals surface area (Å²) in [6.45, 7) is 0.896. The van der Waals surface area contributed by atoms with E-state index in [2.05, 4.69) is 5.32 Å². The Bertz CT molecular complexity index is 900. The number of nitrogens with two attached hydrogens (primary N) is 1. The van der Waals surface area contributed by atoms with E-state index in [0.29, 0.717) is 13.2 Å². The highest BCUT2D eigenvalue weighted by Gasteiger charge is 2.29. The molecule has 2 aromatic carbocycles. The van der Waals surface area contributed by atoms with Crippen LogP contribution in [-0.2, 0) is 19.1 Å². The standard InChI is InChI=1S/C23H26N2O6/c24-10-12-30-11-9-15(22(27)28)13-21(26)25-23(29)31-14-20-18-7-3-1-5-16(18)17-6-2-4-8-19(17)20/h1-8,15,20H,9-14,24H2,(H,27,28)(H,25,26,29). The van der Waals surface area contributed by atoms with E-state index in [-0.39, 0.29) is 32.0 Å². The summed E-state index contributed by atoms with van der Waals surface area (Å²) >= 11 is 0. The van der Waals surface area contributed by atoms with Gasteiger partial charge in [0.1, 0.15) is 6.61 Å². The first-order valence-electron chi connectivity index (χ1n) is 10.2. The average Bonchev–Trinajstić information content (AvgIpc) is 3.08. The largest absolute Gasteiger partial charge is 0.481 e. The van der Waals surface area contributed by atoms with Crippen LogP contribution in [0.4, 0.5) is 4.79 Å². The highest BCUT2D eigenvalue weighted by atomic mass is 16.5. The number of ether oxygens (including phenoxy) is 2. The zero-order valence-electron chi connectivity index (χ0n) is 17.1. The first-order valence-corrected chi connectivity index (χ1v) is 10.2. The summed E-state index contributed by atoms with van der Waals surface area (Å²) in [5, 5.41) is 11.4. The zero-order chi connectivity index (χ0) is 22.2. The molecule has 2 aromatic rings. The Morgan fingerprint density at radius 1 is 1.00 bits per heavy atom. The number of carboxylic acid groups (broad SMARTS) is 1. The maximum atomic E-state index is 12.1. The Morgan fingerprint density at radius 3 is 2.19 bits per heavy atom. The number of alkyl carbamates (subject to hydrolysis) is 1. The maximum Gasteiger partial charge on any atom is 0.413 e. The molecule has 0 bridgehead atoms. The number of hydrogen-bond acceptors (Lipinski definition) is 6. The lowest BCUT2D eigenvalue weighted by atomic mass is 9.98. The van der Waals surface area contributed by atoms with Crippen LogP contribution in [0, 0.1) is 5.92 Å². The minimum atomic E-state index is -1.13. The van der Waals surface area contributed by atoms with Crippen LogP contribution < -0.4 is 11.1 Å². The van der Waals surface area contributed by atoms with E-state index in [9.17, 15) is 19.5 Å². The molecule has 0 radical (unpaired) electrons.